The third kappa shape index (κ3) is 7.03. The van der Waals surface area contributed by atoms with E-state index in [1.807, 2.05) is 32.4 Å². The van der Waals surface area contributed by atoms with Crippen molar-refractivity contribution in [2.45, 2.75) is 71.7 Å². The Labute approximate surface area is 151 Å². The van der Waals surface area contributed by atoms with E-state index >= 15 is 0 Å². The van der Waals surface area contributed by atoms with Crippen LogP contribution in [0.5, 0.6) is 0 Å². The fraction of sp³-hybridized carbons (Fsp3) is 0.833. The molecule has 2 heterocycles. The van der Waals surface area contributed by atoms with Gasteiger partial charge in [-0.25, -0.2) is 4.68 Å². The first-order valence-electron chi connectivity index (χ1n) is 9.18. The maximum atomic E-state index is 9.80. The van der Waals surface area contributed by atoms with Gasteiger partial charge in [-0.1, -0.05) is 0 Å². The third-order valence-electron chi connectivity index (χ3n) is 4.19. The molecule has 1 aliphatic heterocycles. The van der Waals surface area contributed by atoms with Crippen LogP contribution in [0.2, 0.25) is 0 Å². The van der Waals surface area contributed by atoms with Crippen LogP contribution in [0.15, 0.2) is 6.20 Å². The molecule has 2 atom stereocenters. The van der Waals surface area contributed by atoms with E-state index in [2.05, 4.69) is 28.6 Å². The second-order valence-electron chi connectivity index (χ2n) is 7.82. The summed E-state index contributed by atoms with van der Waals surface area (Å²) in [6.07, 6.45) is 4.62. The van der Waals surface area contributed by atoms with Gasteiger partial charge in [-0.3, -0.25) is 5.32 Å². The van der Waals surface area contributed by atoms with Gasteiger partial charge in [0, 0.05) is 38.0 Å². The lowest BCUT2D eigenvalue weighted by atomic mass is 10.2. The predicted octanol–water partition coefficient (Wildman–Crippen LogP) is 2.00. The summed E-state index contributed by atoms with van der Waals surface area (Å²) in [6.45, 7) is 10.9. The highest BCUT2D eigenvalue weighted by Crippen LogP contribution is 2.23. The van der Waals surface area contributed by atoms with Crippen LogP contribution >= 0.6 is 0 Å². The van der Waals surface area contributed by atoms with Gasteiger partial charge in [-0.15, -0.1) is 0 Å². The van der Waals surface area contributed by atoms with Gasteiger partial charge in [-0.05, 0) is 54.0 Å². The van der Waals surface area contributed by atoms with Crippen LogP contribution in [0, 0.1) is 6.92 Å². The van der Waals surface area contributed by atoms with Gasteiger partial charge >= 0.3 is 0 Å². The van der Waals surface area contributed by atoms with E-state index in [1.165, 1.54) is 12.0 Å². The molecule has 25 heavy (non-hydrogen) atoms. The number of nitrogens with zero attached hydrogens (tertiary/aromatic N) is 3. The monoisotopic (exact) mass is 354 g/mol. The minimum Gasteiger partial charge on any atom is -0.357 e. The Kier molecular flexibility index (Phi) is 7.39. The zero-order valence-electron chi connectivity index (χ0n) is 16.3. The number of aryl methyl sites for hydroxylation is 1. The van der Waals surface area contributed by atoms with Crippen molar-refractivity contribution >= 4 is 0 Å². The van der Waals surface area contributed by atoms with E-state index in [0.29, 0.717) is 6.54 Å². The van der Waals surface area contributed by atoms with E-state index in [1.54, 1.807) is 0 Å². The van der Waals surface area contributed by atoms with Crippen molar-refractivity contribution in [1.29, 1.82) is 0 Å². The van der Waals surface area contributed by atoms with Gasteiger partial charge in [-0.2, -0.15) is 5.10 Å². The maximum absolute atomic E-state index is 9.80. The summed E-state index contributed by atoms with van der Waals surface area (Å²) in [7, 11) is 2.06. The van der Waals surface area contributed by atoms with Gasteiger partial charge in [0.05, 0.1) is 11.3 Å². The highest BCUT2D eigenvalue weighted by atomic mass is 16.6. The normalized spacial score (nSPS) is 20.2. The highest BCUT2D eigenvalue weighted by molar-refractivity contribution is 5.15. The molecule has 0 spiro atoms. The van der Waals surface area contributed by atoms with Crippen LogP contribution in [0.3, 0.4) is 0 Å². The predicted molar refractivity (Wildman–Crippen MR) is 97.0 cm³/mol. The number of aliphatic hydroxyl groups excluding tert-OH is 1. The summed E-state index contributed by atoms with van der Waals surface area (Å²) in [5.74, 6) is 0. The first-order valence-corrected chi connectivity index (χ1v) is 9.18. The summed E-state index contributed by atoms with van der Waals surface area (Å²) in [5.41, 5.74) is 1.89. The van der Waals surface area contributed by atoms with Crippen molar-refractivity contribution in [3.8, 4) is 0 Å². The molecular formula is C18H34N4O3. The second kappa shape index (κ2) is 9.09. The molecular weight excluding hydrogens is 320 g/mol. The average molecular weight is 354 g/mol. The van der Waals surface area contributed by atoms with Gasteiger partial charge in [0.15, 0.2) is 0 Å². The molecule has 1 fully saturated rings. The molecule has 0 aromatic carbocycles. The summed E-state index contributed by atoms with van der Waals surface area (Å²) >= 11 is 0. The summed E-state index contributed by atoms with van der Waals surface area (Å²) in [5, 5.41) is 17.4. The quantitative estimate of drug-likeness (QED) is 0.696. The van der Waals surface area contributed by atoms with Crippen molar-refractivity contribution in [1.82, 2.24) is 20.0 Å². The van der Waals surface area contributed by atoms with Crippen LogP contribution < -0.4 is 5.32 Å². The maximum Gasteiger partial charge on any atom is 0.214 e. The Morgan fingerprint density at radius 2 is 2.24 bits per heavy atom. The largest absolute Gasteiger partial charge is 0.357 e. The topological polar surface area (TPSA) is 71.8 Å². The molecule has 2 rings (SSSR count). The van der Waals surface area contributed by atoms with E-state index in [9.17, 15) is 5.11 Å². The van der Waals surface area contributed by atoms with Crippen molar-refractivity contribution in [2.75, 3.05) is 26.7 Å². The molecule has 0 radical (unpaired) electrons. The van der Waals surface area contributed by atoms with E-state index in [4.69, 9.17) is 9.47 Å². The van der Waals surface area contributed by atoms with Crippen LogP contribution in [0.25, 0.3) is 0 Å². The average Bonchev–Trinajstić information content (AvgIpc) is 2.87. The molecule has 1 aromatic heterocycles. The molecule has 1 aromatic rings. The Bertz CT molecular complexity index is 521. The molecule has 0 aliphatic carbocycles. The van der Waals surface area contributed by atoms with Gasteiger partial charge in [0.25, 0.3) is 0 Å². The van der Waals surface area contributed by atoms with E-state index < -0.39 is 6.41 Å². The number of hydrogen-bond acceptors (Lipinski definition) is 6. The van der Waals surface area contributed by atoms with E-state index in [-0.39, 0.29) is 11.8 Å². The molecule has 1 saturated heterocycles. The Morgan fingerprint density at radius 3 is 2.88 bits per heavy atom. The van der Waals surface area contributed by atoms with Gasteiger partial charge in [0.2, 0.25) is 6.41 Å². The fourth-order valence-electron chi connectivity index (χ4n) is 2.88. The van der Waals surface area contributed by atoms with Crippen molar-refractivity contribution < 1.29 is 14.6 Å². The highest BCUT2D eigenvalue weighted by Gasteiger charge is 2.19. The number of likely N-dealkylation sites (N-methyl/N-ethyl adjacent to an activating group) is 1. The molecule has 0 saturated carbocycles. The number of aromatic nitrogens is 2. The third-order valence-corrected chi connectivity index (χ3v) is 4.19. The lowest BCUT2D eigenvalue weighted by molar-refractivity contribution is -0.181. The lowest BCUT2D eigenvalue weighted by Crippen LogP contribution is -2.41. The second-order valence-corrected chi connectivity index (χ2v) is 7.82. The van der Waals surface area contributed by atoms with Crippen molar-refractivity contribution in [2.24, 2.45) is 0 Å². The van der Waals surface area contributed by atoms with Crippen LogP contribution in [0.1, 0.15) is 57.5 Å². The SMILES string of the molecule is Cc1nn(C2CCCCO2)cc1CN(C)CCNC(O)OC(C)(C)C. The first kappa shape index (κ1) is 20.3. The first-order chi connectivity index (χ1) is 11.7. The molecule has 2 unspecified atom stereocenters. The number of ether oxygens (including phenoxy) is 2. The molecule has 0 bridgehead atoms. The number of nitrogens with one attached hydrogen (secondary N) is 1. The van der Waals surface area contributed by atoms with Gasteiger partial charge < -0.3 is 19.5 Å². The van der Waals surface area contributed by atoms with Crippen LogP contribution in [-0.4, -0.2) is 58.5 Å². The standard InChI is InChI=1S/C18H34N4O3/c1-14-15(13-22(20-14)16-8-6-7-11-24-16)12-21(5)10-9-19-17(23)25-18(2,3)4/h13,16-17,19,23H,6-12H2,1-5H3. The van der Waals surface area contributed by atoms with Gasteiger partial charge in [0.1, 0.15) is 6.23 Å². The Morgan fingerprint density at radius 1 is 1.48 bits per heavy atom. The molecule has 144 valence electrons. The summed E-state index contributed by atoms with van der Waals surface area (Å²) in [4.78, 5) is 2.20. The zero-order chi connectivity index (χ0) is 18.4. The number of rotatable bonds is 8. The van der Waals surface area contributed by atoms with E-state index in [0.717, 1.165) is 38.2 Å². The number of aliphatic hydroxyl groups is 1. The van der Waals surface area contributed by atoms with Crippen LogP contribution in [0.4, 0.5) is 0 Å². The molecule has 7 heteroatoms. The minimum atomic E-state index is -0.943. The summed E-state index contributed by atoms with van der Waals surface area (Å²) < 4.78 is 13.2. The molecule has 1 aliphatic rings. The van der Waals surface area contributed by atoms with Crippen molar-refractivity contribution in [3.05, 3.63) is 17.5 Å². The smallest absolute Gasteiger partial charge is 0.214 e. The molecule has 2 N–H and O–H groups in total. The Balaban J connectivity index is 1.76. The lowest BCUT2D eigenvalue weighted by Gasteiger charge is -2.25. The fourth-order valence-corrected chi connectivity index (χ4v) is 2.88. The molecule has 7 nitrogen and oxygen atoms in total. The Hall–Kier alpha value is -0.990. The summed E-state index contributed by atoms with van der Waals surface area (Å²) in [6, 6.07) is 0. The molecule has 0 amide bonds. The minimum absolute atomic E-state index is 0.0814. The van der Waals surface area contributed by atoms with Crippen LogP contribution in [-0.2, 0) is 16.0 Å². The number of hydrogen-bond donors (Lipinski definition) is 2. The zero-order valence-corrected chi connectivity index (χ0v) is 16.3. The van der Waals surface area contributed by atoms with Crippen molar-refractivity contribution in [3.63, 3.8) is 0 Å².